The number of aliphatic hydroxyl groups excluding tert-OH is 1. The van der Waals surface area contributed by atoms with Crippen molar-refractivity contribution in [3.05, 3.63) is 0 Å². The Balaban J connectivity index is 2.20. The summed E-state index contributed by atoms with van der Waals surface area (Å²) < 4.78 is 0. The van der Waals surface area contributed by atoms with E-state index in [9.17, 15) is 9.90 Å². The van der Waals surface area contributed by atoms with Crippen molar-refractivity contribution in [2.24, 2.45) is 23.2 Å². The summed E-state index contributed by atoms with van der Waals surface area (Å²) in [4.78, 5) is 10.9. The number of rotatable bonds is 2. The first-order valence-corrected chi connectivity index (χ1v) is 6.23. The Morgan fingerprint density at radius 3 is 2.80 bits per heavy atom. The molecular formula is C13H22O2. The molecule has 0 heterocycles. The highest BCUT2D eigenvalue weighted by atomic mass is 16.3. The zero-order valence-corrected chi connectivity index (χ0v) is 9.78. The van der Waals surface area contributed by atoms with Gasteiger partial charge in [-0.25, -0.2) is 0 Å². The lowest BCUT2D eigenvalue weighted by Gasteiger charge is -2.44. The zero-order chi connectivity index (χ0) is 11.1. The molecule has 2 fully saturated rings. The maximum absolute atomic E-state index is 10.9. The van der Waals surface area contributed by atoms with Gasteiger partial charge in [-0.3, -0.25) is 0 Å². The highest BCUT2D eigenvalue weighted by Gasteiger charge is 2.52. The third kappa shape index (κ3) is 1.63. The molecule has 0 bridgehead atoms. The van der Waals surface area contributed by atoms with E-state index in [4.69, 9.17) is 0 Å². The van der Waals surface area contributed by atoms with Crippen LogP contribution in [0.2, 0.25) is 0 Å². The monoisotopic (exact) mass is 210 g/mol. The predicted octanol–water partition coefficient (Wildman–Crippen LogP) is 2.40. The van der Waals surface area contributed by atoms with Crippen molar-refractivity contribution in [1.29, 1.82) is 0 Å². The van der Waals surface area contributed by atoms with E-state index in [1.165, 1.54) is 6.42 Å². The molecule has 0 saturated heterocycles. The minimum absolute atomic E-state index is 0.118. The van der Waals surface area contributed by atoms with E-state index in [1.54, 1.807) is 0 Å². The smallest absolute Gasteiger partial charge is 0.123 e. The van der Waals surface area contributed by atoms with Crippen LogP contribution >= 0.6 is 0 Å². The Bertz CT molecular complexity index is 251. The summed E-state index contributed by atoms with van der Waals surface area (Å²) in [6, 6.07) is 0. The van der Waals surface area contributed by atoms with Gasteiger partial charge in [0.25, 0.3) is 0 Å². The van der Waals surface area contributed by atoms with E-state index < -0.39 is 0 Å². The molecule has 2 rings (SSSR count). The largest absolute Gasteiger partial charge is 0.393 e. The fraction of sp³-hybridized carbons (Fsp3) is 0.923. The average molecular weight is 210 g/mol. The number of hydrogen-bond acceptors (Lipinski definition) is 2. The summed E-state index contributed by atoms with van der Waals surface area (Å²) in [5.41, 5.74) is 0.220. The molecule has 15 heavy (non-hydrogen) atoms. The van der Waals surface area contributed by atoms with Crippen molar-refractivity contribution in [3.63, 3.8) is 0 Å². The van der Waals surface area contributed by atoms with Crippen LogP contribution in [-0.2, 0) is 4.79 Å². The highest BCUT2D eigenvalue weighted by molar-refractivity contribution is 5.53. The maximum atomic E-state index is 10.9. The molecule has 5 atom stereocenters. The first kappa shape index (κ1) is 11.1. The first-order valence-electron chi connectivity index (χ1n) is 6.23. The van der Waals surface area contributed by atoms with Gasteiger partial charge in [-0.1, -0.05) is 20.3 Å². The van der Waals surface area contributed by atoms with E-state index in [-0.39, 0.29) is 17.4 Å². The van der Waals surface area contributed by atoms with Crippen molar-refractivity contribution in [3.8, 4) is 0 Å². The Kier molecular flexibility index (Phi) is 2.89. The quantitative estimate of drug-likeness (QED) is 0.711. The molecular weight excluding hydrogens is 188 g/mol. The third-order valence-corrected chi connectivity index (χ3v) is 5.01. The van der Waals surface area contributed by atoms with Crippen LogP contribution in [-0.4, -0.2) is 17.5 Å². The van der Waals surface area contributed by atoms with Crippen LogP contribution in [0, 0.1) is 23.2 Å². The molecule has 0 spiro atoms. The third-order valence-electron chi connectivity index (χ3n) is 5.01. The molecule has 1 N–H and O–H groups in total. The van der Waals surface area contributed by atoms with Crippen LogP contribution in [0.1, 0.15) is 46.0 Å². The molecule has 0 aromatic heterocycles. The molecule has 2 saturated carbocycles. The van der Waals surface area contributed by atoms with Crippen molar-refractivity contribution >= 4 is 6.29 Å². The summed E-state index contributed by atoms with van der Waals surface area (Å²) in [5.74, 6) is 1.10. The predicted molar refractivity (Wildman–Crippen MR) is 59.4 cm³/mol. The highest BCUT2D eigenvalue weighted by Crippen LogP contribution is 2.57. The lowest BCUT2D eigenvalue weighted by atomic mass is 9.62. The minimum atomic E-state index is -0.118. The number of aldehydes is 1. The summed E-state index contributed by atoms with van der Waals surface area (Å²) in [7, 11) is 0. The van der Waals surface area contributed by atoms with Gasteiger partial charge in [0.1, 0.15) is 6.29 Å². The van der Waals surface area contributed by atoms with Crippen molar-refractivity contribution in [2.45, 2.75) is 52.1 Å². The van der Waals surface area contributed by atoms with E-state index in [2.05, 4.69) is 6.92 Å². The van der Waals surface area contributed by atoms with Crippen molar-refractivity contribution in [2.75, 3.05) is 0 Å². The Morgan fingerprint density at radius 1 is 1.40 bits per heavy atom. The summed E-state index contributed by atoms with van der Waals surface area (Å²) in [6.45, 7) is 4.32. The lowest BCUT2D eigenvalue weighted by Crippen LogP contribution is -2.41. The van der Waals surface area contributed by atoms with Gasteiger partial charge in [-0.2, -0.15) is 0 Å². The van der Waals surface area contributed by atoms with Crippen molar-refractivity contribution < 1.29 is 9.90 Å². The van der Waals surface area contributed by atoms with Gasteiger partial charge >= 0.3 is 0 Å². The number of carbonyl (C=O) groups is 1. The molecule has 1 unspecified atom stereocenters. The Labute approximate surface area is 92.1 Å². The van der Waals surface area contributed by atoms with Crippen LogP contribution in [0.4, 0.5) is 0 Å². The molecule has 0 aromatic rings. The summed E-state index contributed by atoms with van der Waals surface area (Å²) in [6.07, 6.45) is 6.49. The minimum Gasteiger partial charge on any atom is -0.393 e. The molecule has 0 aliphatic heterocycles. The zero-order valence-electron chi connectivity index (χ0n) is 9.78. The van der Waals surface area contributed by atoms with Crippen LogP contribution in [0.3, 0.4) is 0 Å². The van der Waals surface area contributed by atoms with Gasteiger partial charge in [0.05, 0.1) is 6.10 Å². The van der Waals surface area contributed by atoms with Gasteiger partial charge < -0.3 is 9.90 Å². The maximum Gasteiger partial charge on any atom is 0.123 e. The number of carbonyl (C=O) groups excluding carboxylic acids is 1. The van der Waals surface area contributed by atoms with Gasteiger partial charge in [0, 0.05) is 5.92 Å². The van der Waals surface area contributed by atoms with Crippen LogP contribution in [0.5, 0.6) is 0 Å². The van der Waals surface area contributed by atoms with E-state index in [0.717, 1.165) is 32.0 Å². The fourth-order valence-corrected chi connectivity index (χ4v) is 4.15. The average Bonchev–Trinajstić information content (AvgIpc) is 2.56. The second kappa shape index (κ2) is 3.89. The topological polar surface area (TPSA) is 37.3 Å². The van der Waals surface area contributed by atoms with Crippen LogP contribution in [0.25, 0.3) is 0 Å². The number of hydrogen-bond donors (Lipinski definition) is 1. The number of aliphatic hydroxyl groups is 1. The molecule has 2 nitrogen and oxygen atoms in total. The Hall–Kier alpha value is -0.370. The molecule has 2 heteroatoms. The summed E-state index contributed by atoms with van der Waals surface area (Å²) >= 11 is 0. The molecule has 0 amide bonds. The van der Waals surface area contributed by atoms with Gasteiger partial charge in [-0.05, 0) is 42.9 Å². The molecule has 2 aliphatic carbocycles. The normalized spacial score (nSPS) is 47.3. The molecule has 2 aliphatic rings. The standard InChI is InChI=1S/C13H22O2/c1-9(8-14)10-5-6-11-12(15)4-3-7-13(10,11)2/h8-12,15H,3-7H2,1-2H3/t9-,10-,11+,12?,13-/m1/s1. The van der Waals surface area contributed by atoms with Crippen LogP contribution in [0.15, 0.2) is 0 Å². The lowest BCUT2D eigenvalue weighted by molar-refractivity contribution is -0.114. The SMILES string of the molecule is C[C@H](C=O)[C@H]1CC[C@H]2C(O)CCC[C@]12C. The molecule has 0 aromatic carbocycles. The second-order valence-electron chi connectivity index (χ2n) is 5.75. The van der Waals surface area contributed by atoms with Crippen molar-refractivity contribution in [1.82, 2.24) is 0 Å². The second-order valence-corrected chi connectivity index (χ2v) is 5.75. The number of fused-ring (bicyclic) bond motifs is 1. The Morgan fingerprint density at radius 2 is 2.13 bits per heavy atom. The summed E-state index contributed by atoms with van der Waals surface area (Å²) in [5, 5.41) is 10.0. The van der Waals surface area contributed by atoms with E-state index >= 15 is 0 Å². The van der Waals surface area contributed by atoms with Gasteiger partial charge in [0.2, 0.25) is 0 Å². The van der Waals surface area contributed by atoms with Gasteiger partial charge in [0.15, 0.2) is 0 Å². The molecule has 0 radical (unpaired) electrons. The van der Waals surface area contributed by atoms with Gasteiger partial charge in [-0.15, -0.1) is 0 Å². The molecule has 86 valence electrons. The first-order chi connectivity index (χ1) is 7.09. The fourth-order valence-electron chi connectivity index (χ4n) is 4.15. The van der Waals surface area contributed by atoms with E-state index in [0.29, 0.717) is 11.8 Å². The van der Waals surface area contributed by atoms with Crippen LogP contribution < -0.4 is 0 Å². The van der Waals surface area contributed by atoms with E-state index in [1.807, 2.05) is 6.92 Å².